The molecule has 0 aliphatic heterocycles. The topological polar surface area (TPSA) is 73.6 Å². The maximum atomic E-state index is 12.8. The van der Waals surface area contributed by atoms with Gasteiger partial charge in [-0.05, 0) is 19.1 Å². The minimum atomic E-state index is -0.662. The molecule has 4 aromatic rings. The van der Waals surface area contributed by atoms with E-state index in [4.69, 9.17) is 16.3 Å². The monoisotopic (exact) mass is 359 g/mol. The van der Waals surface area contributed by atoms with E-state index in [9.17, 15) is 9.59 Å². The van der Waals surface area contributed by atoms with Crippen LogP contribution in [0.2, 0.25) is 5.15 Å². The van der Waals surface area contributed by atoms with Crippen molar-refractivity contribution in [1.82, 2.24) is 14.4 Å². The second-order valence-electron chi connectivity index (χ2n) is 5.00. The van der Waals surface area contributed by atoms with Gasteiger partial charge in [0.1, 0.15) is 15.5 Å². The predicted molar refractivity (Wildman–Crippen MR) is 93.1 cm³/mol. The third-order valence-corrected chi connectivity index (χ3v) is 4.92. The minimum Gasteiger partial charge on any atom is -0.462 e. The summed E-state index contributed by atoms with van der Waals surface area (Å²) in [5.41, 5.74) is 0.711. The number of esters is 1. The molecule has 8 heteroatoms. The van der Waals surface area contributed by atoms with Crippen molar-refractivity contribution in [2.45, 2.75) is 6.92 Å². The summed E-state index contributed by atoms with van der Waals surface area (Å²) in [5, 5.41) is 0.176. The lowest BCUT2D eigenvalue weighted by Gasteiger charge is -2.07. The molecule has 3 aromatic heterocycles. The molecule has 0 unspecified atom stereocenters. The Morgan fingerprint density at radius 3 is 2.96 bits per heavy atom. The van der Waals surface area contributed by atoms with E-state index < -0.39 is 11.4 Å². The Hall–Kier alpha value is -2.51. The van der Waals surface area contributed by atoms with Crippen molar-refractivity contribution in [1.29, 1.82) is 0 Å². The van der Waals surface area contributed by atoms with Crippen molar-refractivity contribution in [3.8, 4) is 0 Å². The van der Waals surface area contributed by atoms with Gasteiger partial charge in [-0.2, -0.15) is 0 Å². The van der Waals surface area contributed by atoms with Crippen LogP contribution in [0.3, 0.4) is 0 Å². The van der Waals surface area contributed by atoms with Gasteiger partial charge in [0.05, 0.1) is 23.0 Å². The lowest BCUT2D eigenvalue weighted by atomic mass is 10.2. The second-order valence-corrected chi connectivity index (χ2v) is 6.42. The Morgan fingerprint density at radius 2 is 2.17 bits per heavy atom. The maximum Gasteiger partial charge on any atom is 0.345 e. The van der Waals surface area contributed by atoms with E-state index in [1.165, 1.54) is 17.5 Å². The zero-order valence-corrected chi connectivity index (χ0v) is 14.0. The molecule has 0 spiro atoms. The number of thiazole rings is 1. The van der Waals surface area contributed by atoms with E-state index >= 15 is 0 Å². The van der Waals surface area contributed by atoms with Crippen LogP contribution in [0.5, 0.6) is 0 Å². The zero-order chi connectivity index (χ0) is 16.8. The number of benzene rings is 1. The van der Waals surface area contributed by atoms with E-state index in [2.05, 4.69) is 9.97 Å². The third-order valence-electron chi connectivity index (χ3n) is 3.59. The first-order valence-electron chi connectivity index (χ1n) is 7.17. The van der Waals surface area contributed by atoms with Gasteiger partial charge < -0.3 is 4.74 Å². The van der Waals surface area contributed by atoms with Crippen molar-refractivity contribution in [3.05, 3.63) is 51.4 Å². The molecule has 24 heavy (non-hydrogen) atoms. The van der Waals surface area contributed by atoms with Gasteiger partial charge in [-0.15, -0.1) is 11.3 Å². The molecule has 0 atom stereocenters. The van der Waals surface area contributed by atoms with Crippen LogP contribution in [0.1, 0.15) is 17.3 Å². The van der Waals surface area contributed by atoms with Gasteiger partial charge in [-0.3, -0.25) is 9.20 Å². The SMILES string of the molecule is CCOC(=O)c1c(=O)c2ncc(Cl)nc2n2c1sc1ccccc12. The number of carbonyl (C=O) groups is 1. The summed E-state index contributed by atoms with van der Waals surface area (Å²) in [4.78, 5) is 34.0. The summed E-state index contributed by atoms with van der Waals surface area (Å²) < 4.78 is 7.72. The van der Waals surface area contributed by atoms with Crippen LogP contribution in [0.4, 0.5) is 0 Å². The number of hydrogen-bond donors (Lipinski definition) is 0. The highest BCUT2D eigenvalue weighted by Gasteiger charge is 2.24. The van der Waals surface area contributed by atoms with Crippen LogP contribution >= 0.6 is 22.9 Å². The Balaban J connectivity index is 2.30. The van der Waals surface area contributed by atoms with Gasteiger partial charge in [-0.25, -0.2) is 14.8 Å². The molecule has 0 bridgehead atoms. The quantitative estimate of drug-likeness (QED) is 0.513. The van der Waals surface area contributed by atoms with E-state index in [1.807, 2.05) is 24.3 Å². The molecule has 0 aliphatic rings. The number of hydrogen-bond acceptors (Lipinski definition) is 6. The highest BCUT2D eigenvalue weighted by atomic mass is 35.5. The standard InChI is InChI=1S/C16H10ClN3O3S/c1-2-23-16(22)11-13(21)12-14(19-10(17)7-18-12)20-8-5-3-4-6-9(8)24-15(11)20/h3-7H,2H2,1H3. The number of aromatic nitrogens is 3. The van der Waals surface area contributed by atoms with Crippen LogP contribution < -0.4 is 5.43 Å². The molecule has 0 amide bonds. The minimum absolute atomic E-state index is 0.0258. The Bertz CT molecular complexity index is 1180. The van der Waals surface area contributed by atoms with Gasteiger partial charge in [-0.1, -0.05) is 23.7 Å². The predicted octanol–water partition coefficient (Wildman–Crippen LogP) is 3.29. The molecule has 6 nitrogen and oxygen atoms in total. The summed E-state index contributed by atoms with van der Waals surface area (Å²) in [6, 6.07) is 7.57. The third kappa shape index (κ3) is 2.09. The highest BCUT2D eigenvalue weighted by molar-refractivity contribution is 7.24. The van der Waals surface area contributed by atoms with Gasteiger partial charge in [0.2, 0.25) is 5.43 Å². The van der Waals surface area contributed by atoms with Crippen molar-refractivity contribution in [3.63, 3.8) is 0 Å². The number of ether oxygens (including phenoxy) is 1. The molecule has 4 rings (SSSR count). The summed E-state index contributed by atoms with van der Waals surface area (Å²) in [7, 11) is 0. The fourth-order valence-electron chi connectivity index (χ4n) is 2.63. The van der Waals surface area contributed by atoms with Crippen molar-refractivity contribution >= 4 is 55.1 Å². The number of halogens is 1. The summed E-state index contributed by atoms with van der Waals surface area (Å²) in [5.74, 6) is -0.662. The first-order valence-corrected chi connectivity index (χ1v) is 8.37. The maximum absolute atomic E-state index is 12.8. The van der Waals surface area contributed by atoms with Gasteiger partial charge in [0.25, 0.3) is 0 Å². The average Bonchev–Trinajstić information content (AvgIpc) is 2.94. The largest absolute Gasteiger partial charge is 0.462 e. The molecular weight excluding hydrogens is 350 g/mol. The van der Waals surface area contributed by atoms with Crippen LogP contribution in [0, 0.1) is 0 Å². The molecule has 120 valence electrons. The molecule has 3 heterocycles. The zero-order valence-electron chi connectivity index (χ0n) is 12.4. The first kappa shape index (κ1) is 15.0. The fourth-order valence-corrected chi connectivity index (χ4v) is 3.94. The molecule has 0 saturated heterocycles. The van der Waals surface area contributed by atoms with Crippen molar-refractivity contribution < 1.29 is 9.53 Å². The van der Waals surface area contributed by atoms with Crippen LogP contribution in [-0.4, -0.2) is 26.9 Å². The lowest BCUT2D eigenvalue weighted by molar-refractivity contribution is 0.0527. The molecule has 0 radical (unpaired) electrons. The Labute approximate surface area is 144 Å². The number of pyridine rings is 1. The van der Waals surface area contributed by atoms with Crippen LogP contribution in [0.25, 0.3) is 26.2 Å². The first-order chi connectivity index (χ1) is 11.6. The number of nitrogens with zero attached hydrogens (tertiary/aromatic N) is 3. The summed E-state index contributed by atoms with van der Waals surface area (Å²) in [6.45, 7) is 1.87. The van der Waals surface area contributed by atoms with Crippen molar-refractivity contribution in [2.24, 2.45) is 0 Å². The normalized spacial score (nSPS) is 11.4. The van der Waals surface area contributed by atoms with Crippen LogP contribution in [0.15, 0.2) is 35.3 Å². The second kappa shape index (κ2) is 5.54. The van der Waals surface area contributed by atoms with Gasteiger partial charge in [0, 0.05) is 0 Å². The number of fused-ring (bicyclic) bond motifs is 5. The fraction of sp³-hybridized carbons (Fsp3) is 0.125. The smallest absolute Gasteiger partial charge is 0.345 e. The number of para-hydroxylation sites is 1. The van der Waals surface area contributed by atoms with E-state index in [1.54, 1.807) is 11.3 Å². The van der Waals surface area contributed by atoms with E-state index in [-0.39, 0.29) is 22.8 Å². The van der Waals surface area contributed by atoms with E-state index in [0.29, 0.717) is 10.5 Å². The van der Waals surface area contributed by atoms with Crippen molar-refractivity contribution in [2.75, 3.05) is 6.61 Å². The number of carbonyl (C=O) groups excluding carboxylic acids is 1. The molecule has 0 saturated carbocycles. The van der Waals surface area contributed by atoms with E-state index in [0.717, 1.165) is 10.2 Å². The molecule has 0 aliphatic carbocycles. The molecular formula is C16H10ClN3O3S. The van der Waals surface area contributed by atoms with Gasteiger partial charge >= 0.3 is 5.97 Å². The molecule has 0 N–H and O–H groups in total. The molecule has 0 fully saturated rings. The summed E-state index contributed by atoms with van der Waals surface area (Å²) in [6.07, 6.45) is 1.29. The number of rotatable bonds is 2. The van der Waals surface area contributed by atoms with Crippen LogP contribution in [-0.2, 0) is 4.74 Å². The summed E-state index contributed by atoms with van der Waals surface area (Å²) >= 11 is 7.29. The average molecular weight is 360 g/mol. The lowest BCUT2D eigenvalue weighted by Crippen LogP contribution is -2.20. The van der Waals surface area contributed by atoms with Gasteiger partial charge in [0.15, 0.2) is 11.2 Å². The Morgan fingerprint density at radius 1 is 1.38 bits per heavy atom. The molecule has 1 aromatic carbocycles. The highest BCUT2D eigenvalue weighted by Crippen LogP contribution is 2.30. The Kier molecular flexibility index (Phi) is 3.47.